The first-order valence-electron chi connectivity index (χ1n) is 2.39. The molecular weight excluding hydrogens is 140 g/mol. The maximum Gasteiger partial charge on any atom is 0.272 e. The molecule has 48 valence electrons. The fourth-order valence-electron chi connectivity index (χ4n) is 0.520. The minimum Gasteiger partial charge on any atom is -0.275 e. The van der Waals surface area contributed by atoms with Crippen molar-refractivity contribution in [1.29, 1.82) is 0 Å². The van der Waals surface area contributed by atoms with Gasteiger partial charge in [-0.25, -0.2) is 0 Å². The summed E-state index contributed by atoms with van der Waals surface area (Å²) in [6, 6.07) is 1.56. The Bertz CT molecular complexity index is 231. The quantitative estimate of drug-likeness (QED) is 0.547. The molecular formula is C5H5ClN2O. The molecule has 3 nitrogen and oxygen atoms in total. The number of carbonyl (C=O) groups is 1. The lowest BCUT2D eigenvalue weighted by molar-refractivity contribution is 0.107. The van der Waals surface area contributed by atoms with Crippen LogP contribution in [0.1, 0.15) is 10.5 Å². The minimum absolute atomic E-state index is 0.291. The third-order valence-corrected chi connectivity index (χ3v) is 1.11. The Morgan fingerprint density at radius 3 is 2.78 bits per heavy atom. The highest BCUT2D eigenvalue weighted by Crippen LogP contribution is 1.97. The minimum atomic E-state index is -0.518. The molecule has 0 atom stereocenters. The Balaban J connectivity index is 2.98. The average molecular weight is 145 g/mol. The summed E-state index contributed by atoms with van der Waals surface area (Å²) in [5.74, 6) is 0. The smallest absolute Gasteiger partial charge is 0.272 e. The van der Waals surface area contributed by atoms with Gasteiger partial charge in [-0.2, -0.15) is 5.10 Å². The zero-order valence-corrected chi connectivity index (χ0v) is 5.59. The number of aromatic nitrogens is 2. The van der Waals surface area contributed by atoms with Gasteiger partial charge in [-0.05, 0) is 17.7 Å². The largest absolute Gasteiger partial charge is 0.275 e. The van der Waals surface area contributed by atoms with Crippen molar-refractivity contribution in [2.24, 2.45) is 7.05 Å². The van der Waals surface area contributed by atoms with Crippen molar-refractivity contribution in [3.8, 4) is 0 Å². The van der Waals surface area contributed by atoms with Gasteiger partial charge in [-0.1, -0.05) is 0 Å². The number of hydrogen-bond donors (Lipinski definition) is 0. The highest BCUT2D eigenvalue weighted by atomic mass is 35.5. The molecule has 0 aliphatic rings. The standard InChI is InChI=1S/C5H5ClN2O/c1-8-3-2-4(7-8)5(6)9/h2-3H,1H3. The van der Waals surface area contributed by atoms with Crippen molar-refractivity contribution in [1.82, 2.24) is 9.78 Å². The van der Waals surface area contributed by atoms with Crippen molar-refractivity contribution in [2.45, 2.75) is 0 Å². The van der Waals surface area contributed by atoms with Crippen LogP contribution in [0.25, 0.3) is 0 Å². The fourth-order valence-corrected chi connectivity index (χ4v) is 0.621. The van der Waals surface area contributed by atoms with Crippen molar-refractivity contribution < 1.29 is 4.79 Å². The monoisotopic (exact) mass is 144 g/mol. The number of nitrogens with zero attached hydrogens (tertiary/aromatic N) is 2. The highest BCUT2D eigenvalue weighted by Gasteiger charge is 2.02. The Labute approximate surface area is 57.2 Å². The summed E-state index contributed by atoms with van der Waals surface area (Å²) in [7, 11) is 1.73. The van der Waals surface area contributed by atoms with E-state index in [1.165, 1.54) is 4.68 Å². The molecule has 0 fully saturated rings. The van der Waals surface area contributed by atoms with E-state index in [0.717, 1.165) is 0 Å². The SMILES string of the molecule is Cn1ccc(C(=O)Cl)n1. The van der Waals surface area contributed by atoms with Crippen LogP contribution in [0.4, 0.5) is 0 Å². The Hall–Kier alpha value is -0.830. The van der Waals surface area contributed by atoms with Crippen LogP contribution in [0.3, 0.4) is 0 Å². The molecule has 0 aliphatic heterocycles. The van der Waals surface area contributed by atoms with Gasteiger partial charge in [0.25, 0.3) is 5.24 Å². The maximum atomic E-state index is 10.3. The molecule has 0 bridgehead atoms. The number of carbonyl (C=O) groups excluding carboxylic acids is 1. The predicted octanol–water partition coefficient (Wildman–Crippen LogP) is 0.799. The van der Waals surface area contributed by atoms with Crippen LogP contribution in [0.2, 0.25) is 0 Å². The average Bonchev–Trinajstić information content (AvgIpc) is 2.14. The molecule has 1 heterocycles. The third kappa shape index (κ3) is 1.29. The highest BCUT2D eigenvalue weighted by molar-refractivity contribution is 6.67. The molecule has 1 aromatic rings. The van der Waals surface area contributed by atoms with E-state index in [0.29, 0.717) is 5.69 Å². The van der Waals surface area contributed by atoms with E-state index in [4.69, 9.17) is 11.6 Å². The topological polar surface area (TPSA) is 34.9 Å². The molecule has 0 saturated carbocycles. The summed E-state index contributed by atoms with van der Waals surface area (Å²) in [4.78, 5) is 10.3. The first-order chi connectivity index (χ1) is 4.20. The lowest BCUT2D eigenvalue weighted by atomic mass is 10.5. The van der Waals surface area contributed by atoms with E-state index >= 15 is 0 Å². The Morgan fingerprint density at radius 1 is 1.89 bits per heavy atom. The summed E-state index contributed by atoms with van der Waals surface area (Å²) >= 11 is 5.10. The van der Waals surface area contributed by atoms with E-state index in [1.54, 1.807) is 19.3 Å². The lowest BCUT2D eigenvalue weighted by Crippen LogP contribution is -1.93. The predicted molar refractivity (Wildman–Crippen MR) is 33.4 cm³/mol. The number of hydrogen-bond acceptors (Lipinski definition) is 2. The van der Waals surface area contributed by atoms with Gasteiger partial charge in [-0.15, -0.1) is 0 Å². The molecule has 0 N–H and O–H groups in total. The summed E-state index contributed by atoms with van der Waals surface area (Å²) < 4.78 is 1.52. The molecule has 1 rings (SSSR count). The molecule has 0 radical (unpaired) electrons. The van der Waals surface area contributed by atoms with E-state index in [9.17, 15) is 4.79 Å². The molecule has 0 spiro atoms. The van der Waals surface area contributed by atoms with Gasteiger partial charge in [0.15, 0.2) is 0 Å². The van der Waals surface area contributed by atoms with E-state index in [-0.39, 0.29) is 0 Å². The summed E-state index contributed by atoms with van der Waals surface area (Å²) in [6.07, 6.45) is 1.66. The van der Waals surface area contributed by atoms with Crippen LogP contribution in [0, 0.1) is 0 Å². The normalized spacial score (nSPS) is 9.56. The van der Waals surface area contributed by atoms with Crippen molar-refractivity contribution in [2.75, 3.05) is 0 Å². The molecule has 0 saturated heterocycles. The second-order valence-corrected chi connectivity index (χ2v) is 1.99. The van der Waals surface area contributed by atoms with Gasteiger partial charge in [-0.3, -0.25) is 9.48 Å². The van der Waals surface area contributed by atoms with Crippen molar-refractivity contribution >= 4 is 16.8 Å². The Morgan fingerprint density at radius 2 is 2.56 bits per heavy atom. The zero-order valence-electron chi connectivity index (χ0n) is 4.84. The first kappa shape index (κ1) is 6.29. The molecule has 9 heavy (non-hydrogen) atoms. The molecule has 1 aromatic heterocycles. The summed E-state index contributed by atoms with van der Waals surface area (Å²) in [6.45, 7) is 0. The number of rotatable bonds is 1. The second kappa shape index (κ2) is 2.19. The van der Waals surface area contributed by atoms with Gasteiger partial charge in [0.1, 0.15) is 5.69 Å². The maximum absolute atomic E-state index is 10.3. The molecule has 0 aliphatic carbocycles. The van der Waals surface area contributed by atoms with Crippen LogP contribution in [0.5, 0.6) is 0 Å². The second-order valence-electron chi connectivity index (χ2n) is 1.65. The van der Waals surface area contributed by atoms with Crippen molar-refractivity contribution in [3.63, 3.8) is 0 Å². The number of halogens is 1. The summed E-state index contributed by atoms with van der Waals surface area (Å²) in [5, 5.41) is 3.23. The van der Waals surface area contributed by atoms with E-state index in [2.05, 4.69) is 5.10 Å². The molecule has 0 unspecified atom stereocenters. The molecule has 4 heteroatoms. The van der Waals surface area contributed by atoms with Gasteiger partial charge in [0, 0.05) is 13.2 Å². The van der Waals surface area contributed by atoms with E-state index < -0.39 is 5.24 Å². The summed E-state index contributed by atoms with van der Waals surface area (Å²) in [5.41, 5.74) is 0.291. The van der Waals surface area contributed by atoms with Crippen LogP contribution in [-0.4, -0.2) is 15.0 Å². The molecule has 0 amide bonds. The van der Waals surface area contributed by atoms with Gasteiger partial charge >= 0.3 is 0 Å². The zero-order chi connectivity index (χ0) is 6.85. The molecule has 0 aromatic carbocycles. The fraction of sp³-hybridized carbons (Fsp3) is 0.200. The van der Waals surface area contributed by atoms with Gasteiger partial charge in [0.05, 0.1) is 0 Å². The van der Waals surface area contributed by atoms with Crippen molar-refractivity contribution in [3.05, 3.63) is 18.0 Å². The van der Waals surface area contributed by atoms with Gasteiger partial charge < -0.3 is 0 Å². The van der Waals surface area contributed by atoms with Crippen LogP contribution in [-0.2, 0) is 7.05 Å². The van der Waals surface area contributed by atoms with Gasteiger partial charge in [0.2, 0.25) is 0 Å². The van der Waals surface area contributed by atoms with Crippen LogP contribution < -0.4 is 0 Å². The lowest BCUT2D eigenvalue weighted by Gasteiger charge is -1.82. The number of aryl methyl sites for hydroxylation is 1. The van der Waals surface area contributed by atoms with E-state index in [1.807, 2.05) is 0 Å². The van der Waals surface area contributed by atoms with Crippen LogP contribution in [0.15, 0.2) is 12.3 Å². The Kier molecular flexibility index (Phi) is 1.53. The first-order valence-corrected chi connectivity index (χ1v) is 2.77. The third-order valence-electron chi connectivity index (χ3n) is 0.915. The van der Waals surface area contributed by atoms with Crippen LogP contribution >= 0.6 is 11.6 Å².